The summed E-state index contributed by atoms with van der Waals surface area (Å²) in [5.74, 6) is -4.93. The summed E-state index contributed by atoms with van der Waals surface area (Å²) < 4.78 is 80.0. The quantitative estimate of drug-likeness (QED) is 0.239. The van der Waals surface area contributed by atoms with E-state index in [-0.39, 0.29) is 61.4 Å². The van der Waals surface area contributed by atoms with Crippen molar-refractivity contribution >= 4 is 22.4 Å². The molecule has 3 fully saturated rings. The first-order chi connectivity index (χ1) is 19.9. The van der Waals surface area contributed by atoms with Crippen molar-refractivity contribution in [3.8, 4) is 0 Å². The highest BCUT2D eigenvalue weighted by Gasteiger charge is 2.42. The summed E-state index contributed by atoms with van der Waals surface area (Å²) in [6, 6.07) is 8.79. The van der Waals surface area contributed by atoms with Crippen LogP contribution in [0.2, 0.25) is 0 Å². The predicted octanol–water partition coefficient (Wildman–Crippen LogP) is 5.87. The van der Waals surface area contributed by atoms with Gasteiger partial charge in [-0.3, -0.25) is 13.9 Å². The fourth-order valence-corrected chi connectivity index (χ4v) is 8.64. The van der Waals surface area contributed by atoms with E-state index in [9.17, 15) is 27.1 Å². The van der Waals surface area contributed by atoms with E-state index in [1.165, 1.54) is 36.4 Å². The minimum Gasteiger partial charge on any atom is -0.324 e. The number of alkyl halides is 2. The van der Waals surface area contributed by atoms with Crippen molar-refractivity contribution in [2.24, 2.45) is 11.7 Å². The van der Waals surface area contributed by atoms with Crippen LogP contribution in [-0.4, -0.2) is 62.2 Å². The van der Waals surface area contributed by atoms with Gasteiger partial charge in [-0.15, -0.1) is 10.8 Å². The number of nitrogens with zero attached hydrogens (tertiary/aromatic N) is 1. The van der Waals surface area contributed by atoms with Gasteiger partial charge in [0.2, 0.25) is 11.8 Å². The average Bonchev–Trinajstić information content (AvgIpc) is 3.06. The van der Waals surface area contributed by atoms with Gasteiger partial charge in [-0.2, -0.15) is 0 Å². The van der Waals surface area contributed by atoms with Gasteiger partial charge < -0.3 is 16.4 Å². The molecule has 2 aromatic rings. The summed E-state index contributed by atoms with van der Waals surface area (Å²) in [7, 11) is -2.91. The normalized spacial score (nSPS) is 27.8. The highest BCUT2D eigenvalue weighted by molar-refractivity contribution is 8.22. The molecule has 2 aliphatic heterocycles. The molecule has 7 nitrogen and oxygen atoms in total. The lowest BCUT2D eigenvalue weighted by atomic mass is 9.72. The van der Waals surface area contributed by atoms with E-state index < -0.39 is 46.2 Å². The minimum absolute atomic E-state index is 0.174. The summed E-state index contributed by atoms with van der Waals surface area (Å²) in [5.41, 5.74) is 7.63. The lowest BCUT2D eigenvalue weighted by Crippen LogP contribution is -2.55. The zero-order valence-electron chi connectivity index (χ0n) is 23.5. The number of nitrogens with one attached hydrogen (secondary N) is 2. The molecule has 1 aliphatic carbocycles. The summed E-state index contributed by atoms with van der Waals surface area (Å²) in [6.45, 7) is 1.06. The maximum atomic E-state index is 15.1. The standard InChI is InChI=1S/C30H40F4N4O3S/c31-21-8-6-19(7-9-21)27(20-12-14-30(33,34)15-13-20)28(35)29(39)37-26-5-1-4-25(32)24(26)11-10-23-17-36-22-3-2-16-42(40,41)38(23)18-22/h1,4-9,20,22-23,27-28,36,40-41H,2-3,10-18,35H2,(H,37,39)/t22?,23?,27-,28+/m1/s1. The molecule has 2 heterocycles. The lowest BCUT2D eigenvalue weighted by Gasteiger charge is -2.49. The van der Waals surface area contributed by atoms with Crippen LogP contribution in [0.15, 0.2) is 42.5 Å². The highest BCUT2D eigenvalue weighted by Crippen LogP contribution is 2.49. The SMILES string of the molecule is N[C@H](C(=O)Nc1cccc(F)c1CCC1CNC2CCCS(O)(O)N1C2)[C@H](c1ccc(F)cc1)C1CCC(F)(F)CC1. The Kier molecular flexibility index (Phi) is 9.51. The Morgan fingerprint density at radius 2 is 1.83 bits per heavy atom. The Balaban J connectivity index is 1.32. The summed E-state index contributed by atoms with van der Waals surface area (Å²) in [5, 5.41) is 6.23. The number of fused-ring (bicyclic) bond motifs is 2. The van der Waals surface area contributed by atoms with Crippen molar-refractivity contribution in [2.45, 2.75) is 81.3 Å². The smallest absolute Gasteiger partial charge is 0.248 e. The van der Waals surface area contributed by atoms with Crippen LogP contribution in [0, 0.1) is 17.6 Å². The molecule has 1 saturated carbocycles. The van der Waals surface area contributed by atoms with Crippen molar-refractivity contribution in [1.82, 2.24) is 9.62 Å². The van der Waals surface area contributed by atoms with E-state index in [1.807, 2.05) is 0 Å². The first-order valence-corrected chi connectivity index (χ1v) is 16.3. The zero-order chi connectivity index (χ0) is 30.1. The fourth-order valence-electron chi connectivity index (χ4n) is 6.77. The van der Waals surface area contributed by atoms with Crippen molar-refractivity contribution in [2.75, 3.05) is 24.2 Å². The number of anilines is 1. The molecular formula is C30H40F4N4O3S. The van der Waals surface area contributed by atoms with Crippen LogP contribution in [-0.2, 0) is 11.2 Å². The maximum absolute atomic E-state index is 15.1. The van der Waals surface area contributed by atoms with E-state index in [0.29, 0.717) is 30.8 Å². The number of carbonyl (C=O) groups is 1. The molecule has 12 heteroatoms. The first-order valence-electron chi connectivity index (χ1n) is 14.7. The van der Waals surface area contributed by atoms with Crippen molar-refractivity contribution in [3.63, 3.8) is 0 Å². The number of benzene rings is 2. The molecule has 3 unspecified atom stereocenters. The van der Waals surface area contributed by atoms with E-state index in [4.69, 9.17) is 5.73 Å². The third-order valence-electron chi connectivity index (χ3n) is 9.11. The van der Waals surface area contributed by atoms with Crippen LogP contribution in [0.3, 0.4) is 0 Å². The van der Waals surface area contributed by atoms with Crippen molar-refractivity contribution in [1.29, 1.82) is 0 Å². The van der Waals surface area contributed by atoms with Crippen molar-refractivity contribution in [3.05, 3.63) is 65.2 Å². The minimum atomic E-state index is -2.91. The van der Waals surface area contributed by atoms with Crippen LogP contribution < -0.4 is 16.4 Å². The van der Waals surface area contributed by atoms with Gasteiger partial charge in [0.15, 0.2) is 0 Å². The van der Waals surface area contributed by atoms with Gasteiger partial charge in [-0.25, -0.2) is 21.9 Å². The molecule has 0 spiro atoms. The number of nitrogens with two attached hydrogens (primary N) is 1. The van der Waals surface area contributed by atoms with Gasteiger partial charge in [0.05, 0.1) is 11.8 Å². The molecular weight excluding hydrogens is 572 g/mol. The van der Waals surface area contributed by atoms with Crippen molar-refractivity contribution < 1.29 is 31.5 Å². The Hall–Kier alpha value is -2.22. The Morgan fingerprint density at radius 1 is 1.12 bits per heavy atom. The zero-order valence-corrected chi connectivity index (χ0v) is 24.3. The van der Waals surface area contributed by atoms with Gasteiger partial charge in [0.1, 0.15) is 11.6 Å². The fraction of sp³-hybridized carbons (Fsp3) is 0.567. The number of hydrogen-bond acceptors (Lipinski definition) is 6. The molecule has 2 saturated heterocycles. The van der Waals surface area contributed by atoms with E-state index in [1.54, 1.807) is 10.4 Å². The number of carbonyl (C=O) groups excluding carboxylic acids is 1. The van der Waals surface area contributed by atoms with Crippen LogP contribution in [0.1, 0.15) is 62.0 Å². The largest absolute Gasteiger partial charge is 0.324 e. The molecule has 2 bridgehead atoms. The lowest BCUT2D eigenvalue weighted by molar-refractivity contribution is -0.118. The highest BCUT2D eigenvalue weighted by atomic mass is 32.3. The Morgan fingerprint density at radius 3 is 2.55 bits per heavy atom. The molecule has 5 rings (SSSR count). The van der Waals surface area contributed by atoms with Crippen LogP contribution in [0.4, 0.5) is 23.2 Å². The molecule has 6 N–H and O–H groups in total. The Bertz CT molecular complexity index is 1240. The van der Waals surface area contributed by atoms with Gasteiger partial charge in [0, 0.05) is 55.2 Å². The number of rotatable bonds is 8. The average molecular weight is 613 g/mol. The topological polar surface area (TPSA) is 111 Å². The molecule has 0 aromatic heterocycles. The second-order valence-corrected chi connectivity index (χ2v) is 14.1. The van der Waals surface area contributed by atoms with E-state index in [0.717, 1.165) is 12.8 Å². The summed E-state index contributed by atoms with van der Waals surface area (Å²) in [6.07, 6.45) is 1.98. The van der Waals surface area contributed by atoms with Crippen LogP contribution in [0.25, 0.3) is 0 Å². The third kappa shape index (κ3) is 7.11. The first kappa shape index (κ1) is 31.2. The monoisotopic (exact) mass is 612 g/mol. The Labute approximate surface area is 245 Å². The molecule has 0 radical (unpaired) electrons. The number of hydrogen-bond donors (Lipinski definition) is 5. The summed E-state index contributed by atoms with van der Waals surface area (Å²) in [4.78, 5) is 13.5. The van der Waals surface area contributed by atoms with E-state index in [2.05, 4.69) is 10.6 Å². The van der Waals surface area contributed by atoms with E-state index >= 15 is 4.39 Å². The van der Waals surface area contributed by atoms with Crippen LogP contribution >= 0.6 is 10.8 Å². The second kappa shape index (κ2) is 12.8. The van der Waals surface area contributed by atoms with Gasteiger partial charge in [-0.1, -0.05) is 18.2 Å². The summed E-state index contributed by atoms with van der Waals surface area (Å²) >= 11 is 0. The second-order valence-electron chi connectivity index (χ2n) is 11.9. The number of amides is 1. The molecule has 5 atom stereocenters. The molecule has 2 aromatic carbocycles. The maximum Gasteiger partial charge on any atom is 0.248 e. The third-order valence-corrected chi connectivity index (χ3v) is 11.1. The van der Waals surface area contributed by atoms with Gasteiger partial charge >= 0.3 is 0 Å². The molecule has 232 valence electrons. The predicted molar refractivity (Wildman–Crippen MR) is 157 cm³/mol. The van der Waals surface area contributed by atoms with Gasteiger partial charge in [0.25, 0.3) is 0 Å². The molecule has 42 heavy (non-hydrogen) atoms. The van der Waals surface area contributed by atoms with Crippen LogP contribution in [0.5, 0.6) is 0 Å². The number of halogens is 4. The molecule has 1 amide bonds. The number of piperazine rings is 1. The van der Waals surface area contributed by atoms with Gasteiger partial charge in [-0.05, 0) is 74.3 Å². The molecule has 3 aliphatic rings.